The fourth-order valence-corrected chi connectivity index (χ4v) is 2.91. The molecule has 2 aromatic carbocycles. The van der Waals surface area contributed by atoms with Crippen LogP contribution in [0.4, 0.5) is 0 Å². The molecule has 0 aliphatic rings. The predicted octanol–water partition coefficient (Wildman–Crippen LogP) is 3.48. The van der Waals surface area contributed by atoms with Gasteiger partial charge >= 0.3 is 0 Å². The molecule has 0 fully saturated rings. The average Bonchev–Trinajstić information content (AvgIpc) is 2.66. The first-order chi connectivity index (χ1) is 12.1. The lowest BCUT2D eigenvalue weighted by atomic mass is 10.2. The van der Waals surface area contributed by atoms with Gasteiger partial charge in [-0.1, -0.05) is 30.3 Å². The molecule has 0 saturated heterocycles. The Hall–Kier alpha value is -2.47. The minimum atomic E-state index is -0.204. The van der Waals surface area contributed by atoms with E-state index >= 15 is 0 Å². The summed E-state index contributed by atoms with van der Waals surface area (Å²) in [7, 11) is 3.18. The summed E-state index contributed by atoms with van der Waals surface area (Å²) in [6.07, 6.45) is 1.55. The molecule has 0 aromatic heterocycles. The highest BCUT2D eigenvalue weighted by Crippen LogP contribution is 2.22. The number of rotatable bonds is 8. The highest BCUT2D eigenvalue weighted by molar-refractivity contribution is 7.99. The van der Waals surface area contributed by atoms with E-state index in [1.54, 1.807) is 50.4 Å². The molecule has 0 radical (unpaired) electrons. The highest BCUT2D eigenvalue weighted by atomic mass is 32.2. The Morgan fingerprint density at radius 1 is 1.20 bits per heavy atom. The minimum Gasteiger partial charge on any atom is -0.497 e. The van der Waals surface area contributed by atoms with Gasteiger partial charge in [-0.25, -0.2) is 5.43 Å². The summed E-state index contributed by atoms with van der Waals surface area (Å²) in [5.74, 6) is 1.99. The summed E-state index contributed by atoms with van der Waals surface area (Å²) in [6, 6.07) is 15.4. The molecule has 0 bridgehead atoms. The molecule has 6 heteroatoms. The molecule has 0 aliphatic carbocycles. The monoisotopic (exact) mass is 358 g/mol. The van der Waals surface area contributed by atoms with Gasteiger partial charge in [0.15, 0.2) is 0 Å². The lowest BCUT2D eigenvalue weighted by molar-refractivity contribution is -0.120. The second-order valence-electron chi connectivity index (χ2n) is 5.28. The number of nitrogens with zero attached hydrogens (tertiary/aromatic N) is 1. The van der Waals surface area contributed by atoms with Crippen molar-refractivity contribution < 1.29 is 14.3 Å². The van der Waals surface area contributed by atoms with E-state index in [1.165, 1.54) is 5.56 Å². The molecule has 0 spiro atoms. The van der Waals surface area contributed by atoms with Gasteiger partial charge in [0.05, 0.1) is 25.7 Å². The Kier molecular flexibility index (Phi) is 7.35. The lowest BCUT2D eigenvalue weighted by Crippen LogP contribution is -2.27. The number of thioether (sulfide) groups is 1. The van der Waals surface area contributed by atoms with E-state index in [0.717, 1.165) is 11.3 Å². The molecule has 2 rings (SSSR count). The van der Waals surface area contributed by atoms with Crippen molar-refractivity contribution >= 4 is 23.9 Å². The quantitative estimate of drug-likeness (QED) is 0.580. The second kappa shape index (κ2) is 9.74. The first kappa shape index (κ1) is 18.9. The number of hydrogen-bond acceptors (Lipinski definition) is 5. The first-order valence-corrected chi connectivity index (χ1v) is 8.89. The maximum absolute atomic E-state index is 12.1. The first-order valence-electron chi connectivity index (χ1n) is 7.84. The van der Waals surface area contributed by atoms with E-state index in [1.807, 2.05) is 37.3 Å². The van der Waals surface area contributed by atoms with Crippen LogP contribution in [0.25, 0.3) is 0 Å². The molecule has 1 N–H and O–H groups in total. The van der Waals surface area contributed by atoms with Crippen LogP contribution >= 0.6 is 11.8 Å². The second-order valence-corrected chi connectivity index (χ2v) is 6.61. The van der Waals surface area contributed by atoms with Gasteiger partial charge < -0.3 is 9.47 Å². The van der Waals surface area contributed by atoms with Crippen molar-refractivity contribution in [3.8, 4) is 11.5 Å². The third kappa shape index (κ3) is 5.83. The average molecular weight is 358 g/mol. The summed E-state index contributed by atoms with van der Waals surface area (Å²) >= 11 is 1.57. The molecular weight excluding hydrogens is 336 g/mol. The van der Waals surface area contributed by atoms with Crippen LogP contribution in [-0.2, 0) is 10.5 Å². The number of benzene rings is 2. The highest BCUT2D eigenvalue weighted by Gasteiger charge is 2.12. The molecule has 2 aromatic rings. The topological polar surface area (TPSA) is 59.9 Å². The fraction of sp³-hybridized carbons (Fsp3) is 0.263. The molecule has 132 valence electrons. The van der Waals surface area contributed by atoms with Gasteiger partial charge in [0.1, 0.15) is 11.5 Å². The SMILES string of the molecule is COc1ccc(OC)c(/C=N\NC(=O)[C@H](C)SCc2ccccc2)c1. The van der Waals surface area contributed by atoms with Crippen molar-refractivity contribution in [1.82, 2.24) is 5.43 Å². The number of nitrogens with one attached hydrogen (secondary N) is 1. The van der Waals surface area contributed by atoms with Crippen LogP contribution in [0, 0.1) is 0 Å². The molecule has 0 unspecified atom stereocenters. The third-order valence-electron chi connectivity index (χ3n) is 3.53. The summed E-state index contributed by atoms with van der Waals surface area (Å²) in [5.41, 5.74) is 4.49. The van der Waals surface area contributed by atoms with Crippen molar-refractivity contribution in [2.45, 2.75) is 17.9 Å². The molecule has 25 heavy (non-hydrogen) atoms. The number of carbonyl (C=O) groups is 1. The van der Waals surface area contributed by atoms with Crippen LogP contribution in [0.15, 0.2) is 53.6 Å². The maximum Gasteiger partial charge on any atom is 0.252 e. The van der Waals surface area contributed by atoms with E-state index in [2.05, 4.69) is 10.5 Å². The van der Waals surface area contributed by atoms with Crippen LogP contribution in [0.5, 0.6) is 11.5 Å². The van der Waals surface area contributed by atoms with E-state index in [0.29, 0.717) is 11.5 Å². The molecule has 0 heterocycles. The zero-order valence-corrected chi connectivity index (χ0v) is 15.4. The number of ether oxygens (including phenoxy) is 2. The Morgan fingerprint density at radius 3 is 2.64 bits per heavy atom. The van der Waals surface area contributed by atoms with Gasteiger partial charge in [-0.3, -0.25) is 4.79 Å². The van der Waals surface area contributed by atoms with Gasteiger partial charge in [0, 0.05) is 11.3 Å². The number of hydrazone groups is 1. The summed E-state index contributed by atoms with van der Waals surface area (Å²) in [5, 5.41) is 3.82. The van der Waals surface area contributed by atoms with Crippen LogP contribution in [0.2, 0.25) is 0 Å². The van der Waals surface area contributed by atoms with E-state index in [4.69, 9.17) is 9.47 Å². The molecule has 5 nitrogen and oxygen atoms in total. The predicted molar refractivity (Wildman–Crippen MR) is 102 cm³/mol. The largest absolute Gasteiger partial charge is 0.497 e. The molecular formula is C19H22N2O3S. The van der Waals surface area contributed by atoms with E-state index in [-0.39, 0.29) is 11.2 Å². The zero-order valence-electron chi connectivity index (χ0n) is 14.6. The fourth-order valence-electron chi connectivity index (χ4n) is 2.07. The maximum atomic E-state index is 12.1. The minimum absolute atomic E-state index is 0.140. The zero-order chi connectivity index (χ0) is 18.1. The molecule has 0 aliphatic heterocycles. The van der Waals surface area contributed by atoms with Crippen LogP contribution in [-0.4, -0.2) is 31.6 Å². The van der Waals surface area contributed by atoms with Gasteiger partial charge in [0.25, 0.3) is 5.91 Å². The van der Waals surface area contributed by atoms with Crippen molar-refractivity contribution in [2.75, 3.05) is 14.2 Å². The molecule has 1 atom stereocenters. The van der Waals surface area contributed by atoms with Crippen LogP contribution in [0.3, 0.4) is 0 Å². The summed E-state index contributed by atoms with van der Waals surface area (Å²) < 4.78 is 10.5. The Bertz CT molecular complexity index is 720. The van der Waals surface area contributed by atoms with Crippen molar-refractivity contribution in [3.63, 3.8) is 0 Å². The van der Waals surface area contributed by atoms with Gasteiger partial charge in [-0.05, 0) is 30.7 Å². The third-order valence-corrected chi connectivity index (χ3v) is 4.74. The number of amides is 1. The number of hydrogen-bond donors (Lipinski definition) is 1. The lowest BCUT2D eigenvalue weighted by Gasteiger charge is -2.10. The molecule has 1 amide bonds. The Morgan fingerprint density at radius 2 is 1.96 bits per heavy atom. The smallest absolute Gasteiger partial charge is 0.252 e. The normalized spacial score (nSPS) is 12.0. The number of carbonyl (C=O) groups excluding carboxylic acids is 1. The van der Waals surface area contributed by atoms with Crippen molar-refractivity contribution in [2.24, 2.45) is 5.10 Å². The van der Waals surface area contributed by atoms with Gasteiger partial charge in [-0.15, -0.1) is 11.8 Å². The van der Waals surface area contributed by atoms with E-state index in [9.17, 15) is 4.79 Å². The standard InChI is InChI=1S/C19H22N2O3S/c1-14(25-13-15-7-5-4-6-8-15)19(22)21-20-12-16-11-17(23-2)9-10-18(16)24-3/h4-12,14H,13H2,1-3H3,(H,21,22)/b20-12-/t14-/m0/s1. The molecule has 0 saturated carbocycles. The van der Waals surface area contributed by atoms with Crippen molar-refractivity contribution in [3.05, 3.63) is 59.7 Å². The van der Waals surface area contributed by atoms with Gasteiger partial charge in [0.2, 0.25) is 0 Å². The summed E-state index contributed by atoms with van der Waals surface area (Å²) in [6.45, 7) is 1.87. The van der Waals surface area contributed by atoms with E-state index < -0.39 is 0 Å². The van der Waals surface area contributed by atoms with Crippen LogP contribution in [0.1, 0.15) is 18.1 Å². The summed E-state index contributed by atoms with van der Waals surface area (Å²) in [4.78, 5) is 12.1. The Balaban J connectivity index is 1.89. The van der Waals surface area contributed by atoms with Gasteiger partial charge in [-0.2, -0.15) is 5.10 Å². The van der Waals surface area contributed by atoms with Crippen molar-refractivity contribution in [1.29, 1.82) is 0 Å². The Labute approximate surface area is 152 Å². The number of methoxy groups -OCH3 is 2. The van der Waals surface area contributed by atoms with Crippen LogP contribution < -0.4 is 14.9 Å².